The average Bonchev–Trinajstić information content (AvgIpc) is 2.66. The van der Waals surface area contributed by atoms with Crippen molar-refractivity contribution in [1.82, 2.24) is 5.32 Å². The van der Waals surface area contributed by atoms with Crippen molar-refractivity contribution in [2.75, 3.05) is 0 Å². The van der Waals surface area contributed by atoms with Gasteiger partial charge in [0, 0.05) is 0 Å². The van der Waals surface area contributed by atoms with Gasteiger partial charge in [-0.15, -0.1) is 0 Å². The van der Waals surface area contributed by atoms with E-state index in [0.717, 1.165) is 12.8 Å². The van der Waals surface area contributed by atoms with Crippen molar-refractivity contribution in [2.24, 2.45) is 11.5 Å². The van der Waals surface area contributed by atoms with E-state index >= 15 is 0 Å². The van der Waals surface area contributed by atoms with Gasteiger partial charge >= 0.3 is 5.97 Å². The van der Waals surface area contributed by atoms with Crippen molar-refractivity contribution < 1.29 is 19.5 Å². The van der Waals surface area contributed by atoms with Crippen LogP contribution >= 0.6 is 0 Å². The van der Waals surface area contributed by atoms with E-state index in [0.29, 0.717) is 12.8 Å². The van der Waals surface area contributed by atoms with Gasteiger partial charge in [0.1, 0.15) is 5.54 Å². The number of primary amides is 1. The molecule has 17 heavy (non-hydrogen) atoms. The zero-order valence-corrected chi connectivity index (χ0v) is 9.44. The van der Waals surface area contributed by atoms with E-state index in [-0.39, 0.29) is 6.42 Å². The molecular formula is C10H17N3O4. The van der Waals surface area contributed by atoms with Gasteiger partial charge in [-0.1, -0.05) is 12.8 Å². The molecule has 0 aromatic carbocycles. The van der Waals surface area contributed by atoms with Gasteiger partial charge in [-0.2, -0.15) is 0 Å². The molecule has 6 N–H and O–H groups in total. The molecular weight excluding hydrogens is 226 g/mol. The van der Waals surface area contributed by atoms with Gasteiger partial charge in [0.25, 0.3) is 0 Å². The molecule has 0 aromatic rings. The van der Waals surface area contributed by atoms with Crippen LogP contribution in [-0.2, 0) is 14.4 Å². The zero-order chi connectivity index (χ0) is 13.1. The molecule has 1 aliphatic carbocycles. The highest BCUT2D eigenvalue weighted by molar-refractivity contribution is 5.92. The van der Waals surface area contributed by atoms with Crippen LogP contribution in [0, 0.1) is 0 Å². The normalized spacial score (nSPS) is 19.6. The number of nitrogens with two attached hydrogens (primary N) is 2. The Bertz CT molecular complexity index is 336. The van der Waals surface area contributed by atoms with Crippen LogP contribution in [0.25, 0.3) is 0 Å². The summed E-state index contributed by atoms with van der Waals surface area (Å²) in [6.07, 6.45) is 1.98. The summed E-state index contributed by atoms with van der Waals surface area (Å²) >= 11 is 0. The maximum atomic E-state index is 11.6. The van der Waals surface area contributed by atoms with Crippen LogP contribution in [0.2, 0.25) is 0 Å². The third kappa shape index (κ3) is 3.16. The van der Waals surface area contributed by atoms with Gasteiger partial charge < -0.3 is 21.9 Å². The van der Waals surface area contributed by atoms with Crippen molar-refractivity contribution in [3.8, 4) is 0 Å². The van der Waals surface area contributed by atoms with E-state index in [2.05, 4.69) is 5.32 Å². The second kappa shape index (κ2) is 5.13. The fraction of sp³-hybridized carbons (Fsp3) is 0.700. The molecule has 1 rings (SSSR count). The number of amides is 2. The summed E-state index contributed by atoms with van der Waals surface area (Å²) < 4.78 is 0. The summed E-state index contributed by atoms with van der Waals surface area (Å²) in [5.41, 5.74) is 9.14. The van der Waals surface area contributed by atoms with E-state index in [4.69, 9.17) is 16.6 Å². The summed E-state index contributed by atoms with van der Waals surface area (Å²) in [7, 11) is 0. The number of nitrogens with one attached hydrogen (secondary N) is 1. The van der Waals surface area contributed by atoms with Crippen LogP contribution < -0.4 is 16.8 Å². The first kappa shape index (κ1) is 13.4. The maximum absolute atomic E-state index is 11.6. The van der Waals surface area contributed by atoms with Crippen LogP contribution in [0.3, 0.4) is 0 Å². The molecule has 1 atom stereocenters. The van der Waals surface area contributed by atoms with Gasteiger partial charge in [-0.3, -0.25) is 9.59 Å². The summed E-state index contributed by atoms with van der Waals surface area (Å²) in [4.78, 5) is 33.4. The minimum absolute atomic E-state index is 0.290. The number of aliphatic carboxylic acids is 1. The standard InChI is InChI=1S/C10H17N3O4/c11-6(5-7(12)14)8(15)13-10(9(16)17)3-1-2-4-10/h6H,1-5,11H2,(H2,12,14)(H,13,15)(H,16,17). The molecule has 96 valence electrons. The summed E-state index contributed by atoms with van der Waals surface area (Å²) in [5, 5.41) is 11.6. The highest BCUT2D eigenvalue weighted by atomic mass is 16.4. The molecule has 0 radical (unpaired) electrons. The molecule has 0 saturated heterocycles. The lowest BCUT2D eigenvalue weighted by atomic mass is 9.97. The number of carbonyl (C=O) groups is 3. The lowest BCUT2D eigenvalue weighted by Crippen LogP contribution is -2.57. The SMILES string of the molecule is NC(=O)CC(N)C(=O)NC1(C(=O)O)CCCC1. The number of carboxylic acids is 1. The van der Waals surface area contributed by atoms with Crippen LogP contribution in [-0.4, -0.2) is 34.5 Å². The molecule has 0 aliphatic heterocycles. The van der Waals surface area contributed by atoms with Gasteiger partial charge in [0.15, 0.2) is 0 Å². The lowest BCUT2D eigenvalue weighted by molar-refractivity contribution is -0.147. The second-order valence-corrected chi connectivity index (χ2v) is 4.36. The zero-order valence-electron chi connectivity index (χ0n) is 9.44. The van der Waals surface area contributed by atoms with E-state index < -0.39 is 29.4 Å². The van der Waals surface area contributed by atoms with Crippen LogP contribution in [0.4, 0.5) is 0 Å². The number of hydrogen-bond acceptors (Lipinski definition) is 4. The number of carboxylic acid groups (broad SMARTS) is 1. The van der Waals surface area contributed by atoms with Crippen molar-refractivity contribution in [1.29, 1.82) is 0 Å². The highest BCUT2D eigenvalue weighted by Crippen LogP contribution is 2.29. The Kier molecular flexibility index (Phi) is 4.06. The number of hydrogen-bond donors (Lipinski definition) is 4. The minimum Gasteiger partial charge on any atom is -0.480 e. The van der Waals surface area contributed by atoms with Crippen LogP contribution in [0.15, 0.2) is 0 Å². The molecule has 7 nitrogen and oxygen atoms in total. The van der Waals surface area contributed by atoms with E-state index in [1.54, 1.807) is 0 Å². The van der Waals surface area contributed by atoms with Crippen molar-refractivity contribution in [3.63, 3.8) is 0 Å². The third-order valence-electron chi connectivity index (χ3n) is 2.99. The summed E-state index contributed by atoms with van der Waals surface area (Å²) in [5.74, 6) is -2.40. The average molecular weight is 243 g/mol. The molecule has 1 aliphatic rings. The molecule has 1 saturated carbocycles. The van der Waals surface area contributed by atoms with Gasteiger partial charge in [-0.05, 0) is 12.8 Å². The van der Waals surface area contributed by atoms with Gasteiger partial charge in [0.05, 0.1) is 12.5 Å². The first-order chi connectivity index (χ1) is 7.87. The number of carbonyl (C=O) groups excluding carboxylic acids is 2. The van der Waals surface area contributed by atoms with Crippen LogP contribution in [0.1, 0.15) is 32.1 Å². The predicted molar refractivity (Wildman–Crippen MR) is 58.8 cm³/mol. The molecule has 0 aromatic heterocycles. The van der Waals surface area contributed by atoms with E-state index in [9.17, 15) is 14.4 Å². The Morgan fingerprint density at radius 1 is 1.29 bits per heavy atom. The topological polar surface area (TPSA) is 136 Å². The molecule has 0 bridgehead atoms. The van der Waals surface area contributed by atoms with Gasteiger partial charge in [0.2, 0.25) is 11.8 Å². The third-order valence-corrected chi connectivity index (χ3v) is 2.99. The van der Waals surface area contributed by atoms with E-state index in [1.807, 2.05) is 0 Å². The van der Waals surface area contributed by atoms with E-state index in [1.165, 1.54) is 0 Å². The molecule has 1 fully saturated rings. The molecule has 0 heterocycles. The number of rotatable bonds is 5. The Labute approximate surface area is 98.5 Å². The predicted octanol–water partition coefficient (Wildman–Crippen LogP) is -1.30. The molecule has 2 amide bonds. The fourth-order valence-corrected chi connectivity index (χ4v) is 2.01. The Hall–Kier alpha value is -1.63. The largest absolute Gasteiger partial charge is 0.480 e. The monoisotopic (exact) mass is 243 g/mol. The van der Waals surface area contributed by atoms with Crippen molar-refractivity contribution in [3.05, 3.63) is 0 Å². The first-order valence-corrected chi connectivity index (χ1v) is 5.47. The maximum Gasteiger partial charge on any atom is 0.329 e. The van der Waals surface area contributed by atoms with Crippen LogP contribution in [0.5, 0.6) is 0 Å². The minimum atomic E-state index is -1.23. The highest BCUT2D eigenvalue weighted by Gasteiger charge is 2.43. The molecule has 0 spiro atoms. The quantitative estimate of drug-likeness (QED) is 0.476. The van der Waals surface area contributed by atoms with Gasteiger partial charge in [-0.25, -0.2) is 4.79 Å². The Morgan fingerprint density at radius 2 is 1.82 bits per heavy atom. The lowest BCUT2D eigenvalue weighted by Gasteiger charge is -2.26. The Balaban J connectivity index is 2.65. The summed E-state index contributed by atoms with van der Waals surface area (Å²) in [6, 6.07) is -1.09. The Morgan fingerprint density at radius 3 is 2.24 bits per heavy atom. The molecule has 1 unspecified atom stereocenters. The fourth-order valence-electron chi connectivity index (χ4n) is 2.01. The smallest absolute Gasteiger partial charge is 0.329 e. The first-order valence-electron chi connectivity index (χ1n) is 5.47. The van der Waals surface area contributed by atoms with Crippen molar-refractivity contribution >= 4 is 17.8 Å². The molecule has 7 heteroatoms. The summed E-state index contributed by atoms with van der Waals surface area (Å²) in [6.45, 7) is 0. The van der Waals surface area contributed by atoms with Crippen molar-refractivity contribution in [2.45, 2.75) is 43.7 Å². The second-order valence-electron chi connectivity index (χ2n) is 4.36.